The average molecular weight is 302 g/mol. The highest BCUT2D eigenvalue weighted by Gasteiger charge is 2.22. The average Bonchev–Trinajstić information content (AvgIpc) is 2.22. The summed E-state index contributed by atoms with van der Waals surface area (Å²) in [5, 5.41) is 0. The van der Waals surface area contributed by atoms with E-state index in [4.69, 9.17) is 46.0 Å². The van der Waals surface area contributed by atoms with E-state index < -0.39 is 21.8 Å². The molecule has 0 saturated heterocycles. The number of carbonyl (C=O) groups is 2. The largest absolute Gasteiger partial charge is 0.461 e. The molecular weight excluding hydrogens is 290 g/mol. The van der Waals surface area contributed by atoms with E-state index in [0.29, 0.717) is 0 Å². The Bertz CT molecular complexity index is 316. The first-order chi connectivity index (χ1) is 7.74. The zero-order valence-corrected chi connectivity index (χ0v) is 11.3. The summed E-state index contributed by atoms with van der Waals surface area (Å²) >= 11 is 16.1. The lowest BCUT2D eigenvalue weighted by Crippen LogP contribution is -2.19. The monoisotopic (exact) mass is 300 g/mol. The van der Waals surface area contributed by atoms with Crippen LogP contribution >= 0.6 is 34.8 Å². The minimum absolute atomic E-state index is 0.134. The second kappa shape index (κ2) is 7.65. The summed E-state index contributed by atoms with van der Waals surface area (Å²) in [6.07, 6.45) is 4.09. The van der Waals surface area contributed by atoms with Crippen LogP contribution in [0.4, 0.5) is 0 Å². The van der Waals surface area contributed by atoms with Crippen LogP contribution in [-0.2, 0) is 19.1 Å². The molecule has 1 atom stereocenters. The molecule has 0 N–H and O–H groups in total. The summed E-state index contributed by atoms with van der Waals surface area (Å²) in [7, 11) is 0. The Balaban J connectivity index is 3.78. The summed E-state index contributed by atoms with van der Waals surface area (Å²) in [5.41, 5.74) is 0. The molecule has 0 rings (SSSR count). The van der Waals surface area contributed by atoms with Crippen molar-refractivity contribution in [3.8, 4) is 12.3 Å². The third kappa shape index (κ3) is 10.3. The normalized spacial score (nSPS) is 12.4. The molecule has 0 spiro atoms. The van der Waals surface area contributed by atoms with Crippen LogP contribution in [0.1, 0.15) is 19.8 Å². The zero-order chi connectivity index (χ0) is 13.5. The first-order valence-electron chi connectivity index (χ1n) is 4.62. The predicted octanol–water partition coefficient (Wildman–Crippen LogP) is 2.24. The molecule has 1 unspecified atom stereocenters. The quantitative estimate of drug-likeness (QED) is 0.444. The molecule has 4 nitrogen and oxygen atoms in total. The molecule has 0 aliphatic heterocycles. The van der Waals surface area contributed by atoms with Gasteiger partial charge in [0.25, 0.3) is 0 Å². The summed E-state index contributed by atoms with van der Waals surface area (Å²) in [6, 6.07) is 0. The number of esters is 2. The topological polar surface area (TPSA) is 52.6 Å². The zero-order valence-electron chi connectivity index (χ0n) is 9.04. The highest BCUT2D eigenvalue weighted by atomic mass is 35.6. The van der Waals surface area contributed by atoms with Gasteiger partial charge in [0.2, 0.25) is 3.79 Å². The number of halogens is 3. The number of rotatable bonds is 5. The van der Waals surface area contributed by atoms with E-state index in [9.17, 15) is 9.59 Å². The molecule has 0 fully saturated rings. The van der Waals surface area contributed by atoms with Gasteiger partial charge in [-0.15, -0.1) is 6.42 Å². The molecule has 0 aromatic heterocycles. The van der Waals surface area contributed by atoms with E-state index in [1.54, 1.807) is 6.92 Å². The first-order valence-corrected chi connectivity index (χ1v) is 5.76. The Morgan fingerprint density at radius 1 is 1.29 bits per heavy atom. The lowest BCUT2D eigenvalue weighted by atomic mass is 10.3. The van der Waals surface area contributed by atoms with E-state index in [1.165, 1.54) is 0 Å². The van der Waals surface area contributed by atoms with E-state index >= 15 is 0 Å². The molecular formula is C10H11Cl3O4. The molecule has 0 bridgehead atoms. The van der Waals surface area contributed by atoms with Crippen LogP contribution in [0.25, 0.3) is 0 Å². The molecule has 0 aromatic carbocycles. The molecule has 0 radical (unpaired) electrons. The van der Waals surface area contributed by atoms with E-state index in [1.807, 2.05) is 0 Å². The second-order valence-corrected chi connectivity index (χ2v) is 5.59. The number of hydrogen-bond donors (Lipinski definition) is 0. The van der Waals surface area contributed by atoms with Gasteiger partial charge < -0.3 is 9.47 Å². The van der Waals surface area contributed by atoms with Crippen LogP contribution < -0.4 is 0 Å². The van der Waals surface area contributed by atoms with Crippen molar-refractivity contribution in [3.05, 3.63) is 0 Å². The lowest BCUT2D eigenvalue weighted by molar-refractivity contribution is -0.151. The third-order valence-corrected chi connectivity index (χ3v) is 1.80. The maximum Gasteiger partial charge on any atom is 0.307 e. The minimum atomic E-state index is -1.66. The molecule has 7 heteroatoms. The Morgan fingerprint density at radius 2 is 1.82 bits per heavy atom. The van der Waals surface area contributed by atoms with Crippen molar-refractivity contribution in [3.63, 3.8) is 0 Å². The fourth-order valence-corrected chi connectivity index (χ4v) is 0.892. The number of ether oxygens (including phenoxy) is 2. The molecule has 0 heterocycles. The Kier molecular flexibility index (Phi) is 7.37. The van der Waals surface area contributed by atoms with Gasteiger partial charge in [0, 0.05) is 0 Å². The summed E-state index contributed by atoms with van der Waals surface area (Å²) in [6.45, 7) is 1.17. The van der Waals surface area contributed by atoms with Crippen molar-refractivity contribution in [2.75, 3.05) is 6.61 Å². The van der Waals surface area contributed by atoms with Gasteiger partial charge in [-0.25, -0.2) is 0 Å². The standard InChI is InChI=1S/C10H11Cl3O4/c1-3-7(2)17-9(15)5-4-8(14)16-6-10(11,12)13/h1,7H,4-6H2,2H3. The van der Waals surface area contributed by atoms with Crippen molar-refractivity contribution in [1.82, 2.24) is 0 Å². The summed E-state index contributed by atoms with van der Waals surface area (Å²) in [4.78, 5) is 22.2. The van der Waals surface area contributed by atoms with Crippen LogP contribution in [0, 0.1) is 12.3 Å². The first kappa shape index (κ1) is 16.4. The predicted molar refractivity (Wildman–Crippen MR) is 64.9 cm³/mol. The third-order valence-electron chi connectivity index (χ3n) is 1.47. The van der Waals surface area contributed by atoms with Crippen LogP contribution in [0.5, 0.6) is 0 Å². The molecule has 0 aromatic rings. The van der Waals surface area contributed by atoms with Crippen LogP contribution in [0.2, 0.25) is 0 Å². The second-order valence-electron chi connectivity index (χ2n) is 3.07. The highest BCUT2D eigenvalue weighted by Crippen LogP contribution is 2.26. The molecule has 0 amide bonds. The summed E-state index contributed by atoms with van der Waals surface area (Å²) < 4.78 is 7.68. The number of alkyl halides is 3. The van der Waals surface area contributed by atoms with Crippen molar-refractivity contribution in [1.29, 1.82) is 0 Å². The molecule has 0 saturated carbocycles. The van der Waals surface area contributed by atoms with E-state index in [-0.39, 0.29) is 19.4 Å². The smallest absolute Gasteiger partial charge is 0.307 e. The maximum atomic E-state index is 11.1. The Hall–Kier alpha value is -0.630. The fraction of sp³-hybridized carbons (Fsp3) is 0.600. The molecule has 0 aliphatic rings. The van der Waals surface area contributed by atoms with Gasteiger partial charge >= 0.3 is 11.9 Å². The van der Waals surface area contributed by atoms with Crippen molar-refractivity contribution >= 4 is 46.7 Å². The van der Waals surface area contributed by atoms with Crippen molar-refractivity contribution in [2.45, 2.75) is 29.7 Å². The van der Waals surface area contributed by atoms with E-state index in [2.05, 4.69) is 10.7 Å². The van der Waals surface area contributed by atoms with Crippen molar-refractivity contribution < 1.29 is 19.1 Å². The van der Waals surface area contributed by atoms with Gasteiger partial charge in [-0.05, 0) is 6.92 Å². The molecule has 17 heavy (non-hydrogen) atoms. The molecule has 0 aliphatic carbocycles. The van der Waals surface area contributed by atoms with Gasteiger partial charge in [-0.1, -0.05) is 40.7 Å². The van der Waals surface area contributed by atoms with Gasteiger partial charge in [-0.2, -0.15) is 0 Å². The van der Waals surface area contributed by atoms with Gasteiger partial charge in [0.15, 0.2) is 6.10 Å². The van der Waals surface area contributed by atoms with Gasteiger partial charge in [0.05, 0.1) is 12.8 Å². The van der Waals surface area contributed by atoms with Gasteiger partial charge in [0.1, 0.15) is 6.61 Å². The van der Waals surface area contributed by atoms with Crippen molar-refractivity contribution in [2.24, 2.45) is 0 Å². The van der Waals surface area contributed by atoms with E-state index in [0.717, 1.165) is 0 Å². The lowest BCUT2D eigenvalue weighted by Gasteiger charge is -2.11. The minimum Gasteiger partial charge on any atom is -0.461 e. The highest BCUT2D eigenvalue weighted by molar-refractivity contribution is 6.67. The molecule has 96 valence electrons. The van der Waals surface area contributed by atoms with Gasteiger partial charge in [-0.3, -0.25) is 9.59 Å². The number of hydrogen-bond acceptors (Lipinski definition) is 4. The fourth-order valence-electron chi connectivity index (χ4n) is 0.729. The number of terminal acetylenes is 1. The Labute approximate surface area is 114 Å². The van der Waals surface area contributed by atoms with Crippen LogP contribution in [0.15, 0.2) is 0 Å². The maximum absolute atomic E-state index is 11.1. The SMILES string of the molecule is C#CC(C)OC(=O)CCC(=O)OCC(Cl)(Cl)Cl. The summed E-state index contributed by atoms with van der Waals surface area (Å²) in [5.74, 6) is 0.984. The Morgan fingerprint density at radius 3 is 2.29 bits per heavy atom. The van der Waals surface area contributed by atoms with Crippen LogP contribution in [0.3, 0.4) is 0 Å². The van der Waals surface area contributed by atoms with Crippen LogP contribution in [-0.4, -0.2) is 28.4 Å². The number of carbonyl (C=O) groups excluding carboxylic acids is 2.